The molecule has 3 aromatic rings. The summed E-state index contributed by atoms with van der Waals surface area (Å²) in [5.41, 5.74) is 3.19. The SMILES string of the molecule is OCc1ccc(CN[C@@H]2C[C@H](Cn3ccnc3-c3ccccc3)C[C@H]2O)cc1. The van der Waals surface area contributed by atoms with E-state index in [1.54, 1.807) is 0 Å². The average molecular weight is 377 g/mol. The van der Waals surface area contributed by atoms with E-state index in [-0.39, 0.29) is 18.8 Å². The van der Waals surface area contributed by atoms with Crippen LogP contribution in [0.15, 0.2) is 67.0 Å². The highest BCUT2D eigenvalue weighted by molar-refractivity contribution is 5.55. The maximum Gasteiger partial charge on any atom is 0.139 e. The predicted molar refractivity (Wildman–Crippen MR) is 109 cm³/mol. The number of hydrogen-bond donors (Lipinski definition) is 3. The second-order valence-corrected chi connectivity index (χ2v) is 7.64. The van der Waals surface area contributed by atoms with E-state index in [1.807, 2.05) is 54.9 Å². The van der Waals surface area contributed by atoms with Crippen LogP contribution in [0.1, 0.15) is 24.0 Å². The molecule has 0 radical (unpaired) electrons. The first-order valence-electron chi connectivity index (χ1n) is 9.89. The molecule has 2 aromatic carbocycles. The number of aliphatic hydroxyl groups excluding tert-OH is 2. The van der Waals surface area contributed by atoms with Crippen molar-refractivity contribution in [2.75, 3.05) is 0 Å². The molecule has 5 heteroatoms. The number of imidazole rings is 1. The van der Waals surface area contributed by atoms with E-state index in [0.29, 0.717) is 5.92 Å². The normalized spacial score (nSPS) is 21.9. The van der Waals surface area contributed by atoms with Gasteiger partial charge in [0.25, 0.3) is 0 Å². The van der Waals surface area contributed by atoms with Gasteiger partial charge in [-0.3, -0.25) is 0 Å². The van der Waals surface area contributed by atoms with Crippen LogP contribution in [0.25, 0.3) is 11.4 Å². The average Bonchev–Trinajstić information content (AvgIpc) is 3.34. The molecule has 1 aromatic heterocycles. The van der Waals surface area contributed by atoms with Crippen molar-refractivity contribution in [1.29, 1.82) is 0 Å². The van der Waals surface area contributed by atoms with Crippen LogP contribution in [0.4, 0.5) is 0 Å². The molecule has 3 atom stereocenters. The molecule has 3 N–H and O–H groups in total. The quantitative estimate of drug-likeness (QED) is 0.592. The lowest BCUT2D eigenvalue weighted by Gasteiger charge is -2.17. The predicted octanol–water partition coefficient (Wildman–Crippen LogP) is 2.97. The number of aromatic nitrogens is 2. The number of nitrogens with one attached hydrogen (secondary N) is 1. The lowest BCUT2D eigenvalue weighted by atomic mass is 10.1. The molecular formula is C23H27N3O2. The summed E-state index contributed by atoms with van der Waals surface area (Å²) in [6.45, 7) is 1.65. The van der Waals surface area contributed by atoms with Crippen molar-refractivity contribution in [3.8, 4) is 11.4 Å². The minimum atomic E-state index is -0.328. The van der Waals surface area contributed by atoms with Gasteiger partial charge in [-0.2, -0.15) is 0 Å². The monoisotopic (exact) mass is 377 g/mol. The first-order valence-corrected chi connectivity index (χ1v) is 9.89. The Morgan fingerprint density at radius 1 is 1.00 bits per heavy atom. The fraction of sp³-hybridized carbons (Fsp3) is 0.348. The van der Waals surface area contributed by atoms with Gasteiger partial charge in [0.05, 0.1) is 12.7 Å². The molecule has 0 unspecified atom stereocenters. The highest BCUT2D eigenvalue weighted by Gasteiger charge is 2.33. The van der Waals surface area contributed by atoms with Gasteiger partial charge in [-0.05, 0) is 29.9 Å². The first-order chi connectivity index (χ1) is 13.7. The second kappa shape index (κ2) is 8.69. The van der Waals surface area contributed by atoms with Crippen molar-refractivity contribution in [2.24, 2.45) is 5.92 Å². The number of aliphatic hydroxyl groups is 2. The van der Waals surface area contributed by atoms with Gasteiger partial charge < -0.3 is 20.1 Å². The van der Waals surface area contributed by atoms with Crippen molar-refractivity contribution < 1.29 is 10.2 Å². The lowest BCUT2D eigenvalue weighted by Crippen LogP contribution is -2.35. The molecule has 1 fully saturated rings. The van der Waals surface area contributed by atoms with Crippen LogP contribution in [0.2, 0.25) is 0 Å². The van der Waals surface area contributed by atoms with Crippen molar-refractivity contribution >= 4 is 0 Å². The molecule has 1 heterocycles. The molecule has 28 heavy (non-hydrogen) atoms. The van der Waals surface area contributed by atoms with E-state index in [9.17, 15) is 5.11 Å². The molecule has 1 aliphatic rings. The van der Waals surface area contributed by atoms with Crippen LogP contribution in [-0.2, 0) is 19.7 Å². The molecule has 4 rings (SSSR count). The van der Waals surface area contributed by atoms with Crippen LogP contribution >= 0.6 is 0 Å². The number of benzene rings is 2. The third-order valence-electron chi connectivity index (χ3n) is 5.60. The Hall–Kier alpha value is -2.47. The fourth-order valence-electron chi connectivity index (χ4n) is 4.08. The van der Waals surface area contributed by atoms with Gasteiger partial charge in [0.15, 0.2) is 0 Å². The van der Waals surface area contributed by atoms with Crippen LogP contribution in [0.3, 0.4) is 0 Å². The number of hydrogen-bond acceptors (Lipinski definition) is 4. The Balaban J connectivity index is 1.35. The lowest BCUT2D eigenvalue weighted by molar-refractivity contribution is 0.145. The highest BCUT2D eigenvalue weighted by Crippen LogP contribution is 2.29. The zero-order chi connectivity index (χ0) is 19.3. The molecule has 0 amide bonds. The van der Waals surface area contributed by atoms with Crippen LogP contribution in [0.5, 0.6) is 0 Å². The molecule has 0 aliphatic heterocycles. The minimum Gasteiger partial charge on any atom is -0.392 e. The fourth-order valence-corrected chi connectivity index (χ4v) is 4.08. The molecule has 1 aliphatic carbocycles. The summed E-state index contributed by atoms with van der Waals surface area (Å²) >= 11 is 0. The van der Waals surface area contributed by atoms with E-state index in [1.165, 1.54) is 0 Å². The van der Waals surface area contributed by atoms with Gasteiger partial charge in [0, 0.05) is 37.1 Å². The maximum absolute atomic E-state index is 10.5. The molecule has 146 valence electrons. The summed E-state index contributed by atoms with van der Waals surface area (Å²) in [4.78, 5) is 4.52. The molecule has 0 spiro atoms. The molecule has 1 saturated carbocycles. The summed E-state index contributed by atoms with van der Waals surface area (Å²) in [5.74, 6) is 1.40. The molecular weight excluding hydrogens is 350 g/mol. The van der Waals surface area contributed by atoms with Crippen molar-refractivity contribution in [1.82, 2.24) is 14.9 Å². The standard InChI is InChI=1S/C23H27N3O2/c27-16-18-8-6-17(7-9-18)14-25-21-12-19(13-22(21)28)15-26-11-10-24-23(26)20-4-2-1-3-5-20/h1-11,19,21-22,25,27-28H,12-16H2/t19-,21+,22+/m0/s1. The van der Waals surface area contributed by atoms with Gasteiger partial charge in [0.2, 0.25) is 0 Å². The zero-order valence-electron chi connectivity index (χ0n) is 15.9. The van der Waals surface area contributed by atoms with E-state index >= 15 is 0 Å². The van der Waals surface area contributed by atoms with Crippen LogP contribution < -0.4 is 5.32 Å². The minimum absolute atomic E-state index is 0.0654. The smallest absolute Gasteiger partial charge is 0.139 e. The van der Waals surface area contributed by atoms with Crippen molar-refractivity contribution in [2.45, 2.75) is 44.7 Å². The number of rotatable bonds is 7. The van der Waals surface area contributed by atoms with Crippen LogP contribution in [-0.4, -0.2) is 31.9 Å². The Bertz CT molecular complexity index is 876. The van der Waals surface area contributed by atoms with Crippen LogP contribution in [0, 0.1) is 5.92 Å². The summed E-state index contributed by atoms with van der Waals surface area (Å²) in [7, 11) is 0. The van der Waals surface area contributed by atoms with Gasteiger partial charge in [-0.1, -0.05) is 54.6 Å². The summed E-state index contributed by atoms with van der Waals surface area (Å²) in [6.07, 6.45) is 5.29. The molecule has 5 nitrogen and oxygen atoms in total. The molecule has 0 bridgehead atoms. The Kier molecular flexibility index (Phi) is 5.86. The Labute approximate surface area is 165 Å². The zero-order valence-corrected chi connectivity index (χ0v) is 15.9. The maximum atomic E-state index is 10.5. The van der Waals surface area contributed by atoms with Crippen molar-refractivity contribution in [3.63, 3.8) is 0 Å². The molecule has 0 saturated heterocycles. The van der Waals surface area contributed by atoms with E-state index in [0.717, 1.165) is 48.4 Å². The third-order valence-corrected chi connectivity index (χ3v) is 5.60. The highest BCUT2D eigenvalue weighted by atomic mass is 16.3. The summed E-state index contributed by atoms with van der Waals surface area (Å²) < 4.78 is 2.20. The van der Waals surface area contributed by atoms with Gasteiger partial charge in [-0.25, -0.2) is 4.98 Å². The first kappa shape index (κ1) is 18.9. The largest absolute Gasteiger partial charge is 0.392 e. The topological polar surface area (TPSA) is 70.3 Å². The van der Waals surface area contributed by atoms with E-state index < -0.39 is 0 Å². The Morgan fingerprint density at radius 3 is 2.50 bits per heavy atom. The summed E-state index contributed by atoms with van der Waals surface area (Å²) in [6, 6.07) is 18.3. The Morgan fingerprint density at radius 2 is 1.75 bits per heavy atom. The van der Waals surface area contributed by atoms with Gasteiger partial charge >= 0.3 is 0 Å². The van der Waals surface area contributed by atoms with Gasteiger partial charge in [0.1, 0.15) is 5.82 Å². The van der Waals surface area contributed by atoms with Crippen molar-refractivity contribution in [3.05, 3.63) is 78.1 Å². The second-order valence-electron chi connectivity index (χ2n) is 7.64. The third kappa shape index (κ3) is 4.33. The van der Waals surface area contributed by atoms with E-state index in [2.05, 4.69) is 27.0 Å². The summed E-state index contributed by atoms with van der Waals surface area (Å²) in [5, 5.41) is 23.2. The number of nitrogens with zero attached hydrogens (tertiary/aromatic N) is 2. The van der Waals surface area contributed by atoms with E-state index in [4.69, 9.17) is 5.11 Å². The van der Waals surface area contributed by atoms with Gasteiger partial charge in [-0.15, -0.1) is 0 Å².